The first-order valence-corrected chi connectivity index (χ1v) is 5.38. The van der Waals surface area contributed by atoms with E-state index in [-0.39, 0.29) is 0 Å². The largest absolute Gasteiger partial charge is 0.295 e. The van der Waals surface area contributed by atoms with Gasteiger partial charge in [-0.1, -0.05) is 26.0 Å². The van der Waals surface area contributed by atoms with E-state index in [0.29, 0.717) is 10.9 Å². The molecule has 2 aromatic rings. The molecular weight excluding hydrogens is 194 g/mol. The molecule has 14 heavy (non-hydrogen) atoms. The lowest BCUT2D eigenvalue weighted by atomic mass is 10.0. The van der Waals surface area contributed by atoms with E-state index in [2.05, 4.69) is 24.9 Å². The summed E-state index contributed by atoms with van der Waals surface area (Å²) in [5, 5.41) is 0.563. The molecule has 0 aliphatic carbocycles. The molecule has 2 nitrogen and oxygen atoms in total. The smallest absolute Gasteiger partial charge is 0.178 e. The van der Waals surface area contributed by atoms with E-state index < -0.39 is 0 Å². The van der Waals surface area contributed by atoms with Gasteiger partial charge in [0.2, 0.25) is 0 Å². The average Bonchev–Trinajstić information content (AvgIpc) is 2.59. The van der Waals surface area contributed by atoms with Crippen LogP contribution in [-0.4, -0.2) is 11.3 Å². The number of fused-ring (bicyclic) bond motifs is 1. The summed E-state index contributed by atoms with van der Waals surface area (Å²) >= 11 is 1.45. The molecule has 0 amide bonds. The lowest BCUT2D eigenvalue weighted by molar-refractivity contribution is 0.112. The Hall–Kier alpha value is -1.22. The number of hydrogen-bond donors (Lipinski definition) is 0. The Kier molecular flexibility index (Phi) is 2.33. The molecule has 2 rings (SSSR count). The quantitative estimate of drug-likeness (QED) is 0.704. The Labute approximate surface area is 86.6 Å². The zero-order chi connectivity index (χ0) is 10.1. The van der Waals surface area contributed by atoms with Gasteiger partial charge in [0.25, 0.3) is 0 Å². The summed E-state index contributed by atoms with van der Waals surface area (Å²) in [6.45, 7) is 4.27. The van der Waals surface area contributed by atoms with Crippen molar-refractivity contribution in [2.24, 2.45) is 0 Å². The summed E-state index contributed by atoms with van der Waals surface area (Å²) in [5.41, 5.74) is 2.20. The Bertz CT molecular complexity index is 473. The van der Waals surface area contributed by atoms with Crippen LogP contribution in [0.5, 0.6) is 0 Å². The van der Waals surface area contributed by atoms with Gasteiger partial charge in [-0.15, -0.1) is 11.3 Å². The molecule has 1 heterocycles. The minimum absolute atomic E-state index is 0.445. The first kappa shape index (κ1) is 9.34. The Morgan fingerprint density at radius 3 is 2.86 bits per heavy atom. The molecular formula is C11H11NOS. The number of nitrogens with zero attached hydrogens (tertiary/aromatic N) is 1. The fourth-order valence-corrected chi connectivity index (χ4v) is 2.32. The first-order valence-electron chi connectivity index (χ1n) is 4.57. The second kappa shape index (κ2) is 3.50. The molecule has 0 bridgehead atoms. The number of rotatable bonds is 2. The van der Waals surface area contributed by atoms with Gasteiger partial charge >= 0.3 is 0 Å². The summed E-state index contributed by atoms with van der Waals surface area (Å²) in [7, 11) is 0. The number of aromatic nitrogens is 1. The van der Waals surface area contributed by atoms with Crippen molar-refractivity contribution in [3.05, 3.63) is 28.8 Å². The van der Waals surface area contributed by atoms with Crippen molar-refractivity contribution < 1.29 is 4.79 Å². The third-order valence-corrected chi connectivity index (χ3v) is 3.14. The van der Waals surface area contributed by atoms with E-state index in [0.717, 1.165) is 16.5 Å². The summed E-state index contributed by atoms with van der Waals surface area (Å²) < 4.78 is 1.10. The van der Waals surface area contributed by atoms with Gasteiger partial charge in [-0.2, -0.15) is 0 Å². The molecule has 0 N–H and O–H groups in total. The summed E-state index contributed by atoms with van der Waals surface area (Å²) in [4.78, 5) is 14.9. The van der Waals surface area contributed by atoms with E-state index in [1.165, 1.54) is 16.9 Å². The molecule has 0 aliphatic heterocycles. The summed E-state index contributed by atoms with van der Waals surface area (Å²) in [5.74, 6) is 0.445. The highest BCUT2D eigenvalue weighted by Crippen LogP contribution is 2.28. The fraction of sp³-hybridized carbons (Fsp3) is 0.273. The predicted octanol–water partition coefficient (Wildman–Crippen LogP) is 3.23. The van der Waals surface area contributed by atoms with Crippen LogP contribution in [0.3, 0.4) is 0 Å². The molecule has 0 atom stereocenters. The van der Waals surface area contributed by atoms with Crippen LogP contribution >= 0.6 is 11.3 Å². The van der Waals surface area contributed by atoms with E-state index in [1.807, 2.05) is 12.1 Å². The van der Waals surface area contributed by atoms with Gasteiger partial charge in [-0.3, -0.25) is 4.79 Å². The highest BCUT2D eigenvalue weighted by molar-refractivity contribution is 7.20. The number of benzene rings is 1. The fourth-order valence-electron chi connectivity index (χ4n) is 1.50. The van der Waals surface area contributed by atoms with Gasteiger partial charge in [0, 0.05) is 0 Å². The van der Waals surface area contributed by atoms with Crippen LogP contribution in [0.4, 0.5) is 0 Å². The standard InChI is InChI=1S/C11H11NOS/c1-7(2)8-4-3-5-9-11(8)12-10(6-13)14-9/h3-7H,1-2H3. The third-order valence-electron chi connectivity index (χ3n) is 2.19. The second-order valence-corrected chi connectivity index (χ2v) is 4.58. The minimum atomic E-state index is 0.445. The Balaban J connectivity index is 2.72. The van der Waals surface area contributed by atoms with Crippen molar-refractivity contribution in [2.75, 3.05) is 0 Å². The topological polar surface area (TPSA) is 30.0 Å². The van der Waals surface area contributed by atoms with Crippen LogP contribution < -0.4 is 0 Å². The molecule has 72 valence electrons. The molecule has 0 saturated heterocycles. The van der Waals surface area contributed by atoms with Gasteiger partial charge in [0.15, 0.2) is 11.3 Å². The van der Waals surface area contributed by atoms with E-state index >= 15 is 0 Å². The lowest BCUT2D eigenvalue weighted by Gasteiger charge is -2.04. The number of carbonyl (C=O) groups excluding carboxylic acids is 1. The van der Waals surface area contributed by atoms with Gasteiger partial charge in [0.1, 0.15) is 0 Å². The van der Waals surface area contributed by atoms with Crippen molar-refractivity contribution >= 4 is 27.8 Å². The van der Waals surface area contributed by atoms with Crippen LogP contribution in [0.15, 0.2) is 18.2 Å². The molecule has 0 spiro atoms. The Morgan fingerprint density at radius 1 is 1.43 bits per heavy atom. The maximum atomic E-state index is 10.6. The van der Waals surface area contributed by atoms with E-state index in [4.69, 9.17) is 0 Å². The molecule has 0 radical (unpaired) electrons. The van der Waals surface area contributed by atoms with Crippen LogP contribution in [0.2, 0.25) is 0 Å². The van der Waals surface area contributed by atoms with Crippen LogP contribution in [-0.2, 0) is 0 Å². The number of hydrogen-bond acceptors (Lipinski definition) is 3. The highest BCUT2D eigenvalue weighted by atomic mass is 32.1. The van der Waals surface area contributed by atoms with E-state index in [1.54, 1.807) is 0 Å². The Morgan fingerprint density at radius 2 is 2.21 bits per heavy atom. The SMILES string of the molecule is CC(C)c1cccc2sc(C=O)nc12. The maximum absolute atomic E-state index is 10.6. The monoisotopic (exact) mass is 205 g/mol. The van der Waals surface area contributed by atoms with Gasteiger partial charge in [0.05, 0.1) is 10.2 Å². The van der Waals surface area contributed by atoms with Gasteiger partial charge in [-0.25, -0.2) is 4.98 Å². The van der Waals surface area contributed by atoms with Crippen LogP contribution in [0.25, 0.3) is 10.2 Å². The van der Waals surface area contributed by atoms with Crippen molar-refractivity contribution in [3.63, 3.8) is 0 Å². The summed E-state index contributed by atoms with van der Waals surface area (Å²) in [6, 6.07) is 6.09. The van der Waals surface area contributed by atoms with Crippen molar-refractivity contribution in [2.45, 2.75) is 19.8 Å². The molecule has 3 heteroatoms. The number of carbonyl (C=O) groups is 1. The predicted molar refractivity (Wildman–Crippen MR) is 59.1 cm³/mol. The number of aldehydes is 1. The molecule has 0 unspecified atom stereocenters. The second-order valence-electron chi connectivity index (χ2n) is 3.52. The lowest BCUT2D eigenvalue weighted by Crippen LogP contribution is -1.88. The molecule has 0 saturated carbocycles. The number of para-hydroxylation sites is 1. The maximum Gasteiger partial charge on any atom is 0.178 e. The zero-order valence-electron chi connectivity index (χ0n) is 8.15. The van der Waals surface area contributed by atoms with Crippen molar-refractivity contribution in [1.82, 2.24) is 4.98 Å². The number of thiazole rings is 1. The summed E-state index contributed by atoms with van der Waals surface area (Å²) in [6.07, 6.45) is 0.814. The molecule has 1 aromatic carbocycles. The highest BCUT2D eigenvalue weighted by Gasteiger charge is 2.09. The molecule has 1 aromatic heterocycles. The minimum Gasteiger partial charge on any atom is -0.295 e. The van der Waals surface area contributed by atoms with Crippen molar-refractivity contribution in [1.29, 1.82) is 0 Å². The third kappa shape index (κ3) is 1.44. The molecule has 0 aliphatic rings. The zero-order valence-corrected chi connectivity index (χ0v) is 8.97. The van der Waals surface area contributed by atoms with Gasteiger partial charge in [-0.05, 0) is 17.5 Å². The first-order chi connectivity index (χ1) is 6.72. The normalized spacial score (nSPS) is 11.1. The van der Waals surface area contributed by atoms with Gasteiger partial charge < -0.3 is 0 Å². The van der Waals surface area contributed by atoms with Crippen LogP contribution in [0.1, 0.15) is 35.1 Å². The average molecular weight is 205 g/mol. The molecule has 0 fully saturated rings. The van der Waals surface area contributed by atoms with E-state index in [9.17, 15) is 4.79 Å². The van der Waals surface area contributed by atoms with Crippen LogP contribution in [0, 0.1) is 0 Å². The van der Waals surface area contributed by atoms with Crippen molar-refractivity contribution in [3.8, 4) is 0 Å².